The summed E-state index contributed by atoms with van der Waals surface area (Å²) in [6.45, 7) is 2.66. The van der Waals surface area contributed by atoms with Gasteiger partial charge in [0.2, 0.25) is 5.91 Å². The monoisotopic (exact) mass is 358 g/mol. The van der Waals surface area contributed by atoms with E-state index in [1.54, 1.807) is 0 Å². The molecular formula is C22H22N4O. The Morgan fingerprint density at radius 1 is 0.963 bits per heavy atom. The molecule has 0 radical (unpaired) electrons. The predicted octanol–water partition coefficient (Wildman–Crippen LogP) is 3.63. The summed E-state index contributed by atoms with van der Waals surface area (Å²) in [5.74, 6) is 0.0928. The predicted molar refractivity (Wildman–Crippen MR) is 108 cm³/mol. The van der Waals surface area contributed by atoms with Gasteiger partial charge in [0.15, 0.2) is 0 Å². The van der Waals surface area contributed by atoms with Crippen LogP contribution in [0.25, 0.3) is 10.9 Å². The Bertz CT molecular complexity index is 1000. The molecule has 1 spiro atoms. The molecule has 1 aromatic heterocycles. The number of nitrogens with one attached hydrogen (secondary N) is 2. The van der Waals surface area contributed by atoms with Crippen molar-refractivity contribution in [3.8, 4) is 0 Å². The molecule has 0 unspecified atom stereocenters. The fourth-order valence-electron chi connectivity index (χ4n) is 4.25. The number of hydrogen-bond donors (Lipinski definition) is 2. The van der Waals surface area contributed by atoms with Gasteiger partial charge in [-0.3, -0.25) is 14.7 Å². The van der Waals surface area contributed by atoms with Crippen LogP contribution in [0.15, 0.2) is 60.8 Å². The lowest BCUT2D eigenvalue weighted by atomic mass is 9.84. The van der Waals surface area contributed by atoms with Crippen molar-refractivity contribution >= 4 is 28.2 Å². The second-order valence-electron chi connectivity index (χ2n) is 7.47. The fourth-order valence-corrected chi connectivity index (χ4v) is 4.25. The summed E-state index contributed by atoms with van der Waals surface area (Å²) in [6.07, 6.45) is 3.44. The zero-order chi connectivity index (χ0) is 18.3. The van der Waals surface area contributed by atoms with Crippen molar-refractivity contribution in [3.63, 3.8) is 0 Å². The molecule has 1 saturated heterocycles. The van der Waals surface area contributed by atoms with Crippen molar-refractivity contribution in [2.45, 2.75) is 24.9 Å². The molecule has 3 aromatic rings. The van der Waals surface area contributed by atoms with Crippen LogP contribution in [0.4, 0.5) is 11.4 Å². The number of rotatable bonds is 2. The van der Waals surface area contributed by atoms with Gasteiger partial charge in [-0.15, -0.1) is 0 Å². The van der Waals surface area contributed by atoms with Crippen molar-refractivity contribution in [3.05, 3.63) is 66.4 Å². The maximum Gasteiger partial charge on any atom is 0.250 e. The quantitative estimate of drug-likeness (QED) is 0.734. The first kappa shape index (κ1) is 16.3. The molecule has 5 rings (SSSR count). The Hall–Kier alpha value is -2.92. The van der Waals surface area contributed by atoms with Crippen LogP contribution in [0.3, 0.4) is 0 Å². The number of anilines is 2. The molecule has 2 N–H and O–H groups in total. The van der Waals surface area contributed by atoms with Crippen molar-refractivity contribution in [1.29, 1.82) is 0 Å². The highest BCUT2D eigenvalue weighted by Gasteiger charge is 2.44. The maximum absolute atomic E-state index is 12.8. The van der Waals surface area contributed by atoms with Gasteiger partial charge in [0.25, 0.3) is 0 Å². The molecule has 0 bridgehead atoms. The Kier molecular flexibility index (Phi) is 3.83. The van der Waals surface area contributed by atoms with E-state index in [4.69, 9.17) is 0 Å². The zero-order valence-corrected chi connectivity index (χ0v) is 15.1. The summed E-state index contributed by atoms with van der Waals surface area (Å²) in [4.78, 5) is 19.7. The third-order valence-electron chi connectivity index (χ3n) is 5.82. The number of benzene rings is 2. The van der Waals surface area contributed by atoms with Crippen LogP contribution in [-0.2, 0) is 11.3 Å². The van der Waals surface area contributed by atoms with Gasteiger partial charge in [-0.05, 0) is 42.7 Å². The number of nitrogens with zero attached hydrogens (tertiary/aromatic N) is 2. The third-order valence-corrected chi connectivity index (χ3v) is 5.82. The molecule has 0 atom stereocenters. The van der Waals surface area contributed by atoms with Crippen LogP contribution < -0.4 is 10.6 Å². The molecule has 27 heavy (non-hydrogen) atoms. The second-order valence-corrected chi connectivity index (χ2v) is 7.47. The minimum Gasteiger partial charge on any atom is -0.369 e. The minimum atomic E-state index is -0.495. The SMILES string of the molecule is O=C1Nc2ccccc2NC12CCN(Cc1cccc3ncccc13)CC2. The van der Waals surface area contributed by atoms with Crippen molar-refractivity contribution < 1.29 is 4.79 Å². The first-order valence-electron chi connectivity index (χ1n) is 9.47. The van der Waals surface area contributed by atoms with E-state index in [0.29, 0.717) is 0 Å². The van der Waals surface area contributed by atoms with Crippen molar-refractivity contribution in [2.24, 2.45) is 0 Å². The van der Waals surface area contributed by atoms with Crippen LogP contribution in [0.1, 0.15) is 18.4 Å². The third kappa shape index (κ3) is 2.84. The summed E-state index contributed by atoms with van der Waals surface area (Å²) in [5.41, 5.74) is 3.73. The number of carbonyl (C=O) groups is 1. The van der Waals surface area contributed by atoms with Crippen LogP contribution in [0.5, 0.6) is 0 Å². The number of pyridine rings is 1. The van der Waals surface area contributed by atoms with Crippen LogP contribution in [-0.4, -0.2) is 34.4 Å². The normalized spacial score (nSPS) is 18.7. The Labute approximate surface area is 158 Å². The summed E-state index contributed by atoms with van der Waals surface area (Å²) in [6, 6.07) is 18.3. The average Bonchev–Trinajstić information content (AvgIpc) is 2.71. The number of piperidine rings is 1. The number of para-hydroxylation sites is 2. The Balaban J connectivity index is 1.33. The van der Waals surface area contributed by atoms with Gasteiger partial charge in [-0.2, -0.15) is 0 Å². The van der Waals surface area contributed by atoms with Gasteiger partial charge in [0.1, 0.15) is 5.54 Å². The number of likely N-dealkylation sites (tertiary alicyclic amines) is 1. The van der Waals surface area contributed by atoms with E-state index >= 15 is 0 Å². The molecule has 3 heterocycles. The van der Waals surface area contributed by atoms with E-state index in [9.17, 15) is 4.79 Å². The largest absolute Gasteiger partial charge is 0.369 e. The number of amides is 1. The van der Waals surface area contributed by atoms with E-state index in [-0.39, 0.29) is 5.91 Å². The van der Waals surface area contributed by atoms with E-state index < -0.39 is 5.54 Å². The van der Waals surface area contributed by atoms with Gasteiger partial charge >= 0.3 is 0 Å². The Morgan fingerprint density at radius 2 is 1.78 bits per heavy atom. The van der Waals surface area contributed by atoms with Crippen molar-refractivity contribution in [1.82, 2.24) is 9.88 Å². The molecule has 5 nitrogen and oxygen atoms in total. The fraction of sp³-hybridized carbons (Fsp3) is 0.273. The van der Waals surface area contributed by atoms with Gasteiger partial charge in [0.05, 0.1) is 16.9 Å². The highest BCUT2D eigenvalue weighted by Crippen LogP contribution is 2.36. The molecule has 0 saturated carbocycles. The smallest absolute Gasteiger partial charge is 0.250 e. The van der Waals surface area contributed by atoms with Gasteiger partial charge < -0.3 is 10.6 Å². The molecule has 5 heteroatoms. The van der Waals surface area contributed by atoms with Gasteiger partial charge in [0, 0.05) is 31.2 Å². The molecule has 2 aromatic carbocycles. The van der Waals surface area contributed by atoms with Crippen molar-refractivity contribution in [2.75, 3.05) is 23.7 Å². The van der Waals surface area contributed by atoms with Gasteiger partial charge in [-0.25, -0.2) is 0 Å². The Morgan fingerprint density at radius 3 is 2.63 bits per heavy atom. The molecule has 2 aliphatic heterocycles. The number of hydrogen-bond acceptors (Lipinski definition) is 4. The molecule has 0 aliphatic carbocycles. The van der Waals surface area contributed by atoms with E-state index in [1.165, 1.54) is 10.9 Å². The van der Waals surface area contributed by atoms with Gasteiger partial charge in [-0.1, -0.05) is 30.3 Å². The summed E-state index contributed by atoms with van der Waals surface area (Å²) in [5, 5.41) is 7.82. The molecule has 2 aliphatic rings. The molecular weight excluding hydrogens is 336 g/mol. The highest BCUT2D eigenvalue weighted by atomic mass is 16.2. The van der Waals surface area contributed by atoms with Crippen LogP contribution >= 0.6 is 0 Å². The van der Waals surface area contributed by atoms with E-state index in [0.717, 1.165) is 49.4 Å². The topological polar surface area (TPSA) is 57.3 Å². The molecule has 136 valence electrons. The lowest BCUT2D eigenvalue weighted by Crippen LogP contribution is -2.58. The molecule has 1 amide bonds. The highest BCUT2D eigenvalue weighted by molar-refractivity contribution is 6.06. The minimum absolute atomic E-state index is 0.0928. The van der Waals surface area contributed by atoms with Crippen LogP contribution in [0, 0.1) is 0 Å². The number of carbonyl (C=O) groups excluding carboxylic acids is 1. The lowest BCUT2D eigenvalue weighted by molar-refractivity contribution is -0.122. The second kappa shape index (κ2) is 6.35. The summed E-state index contributed by atoms with van der Waals surface area (Å²) >= 11 is 0. The maximum atomic E-state index is 12.8. The number of fused-ring (bicyclic) bond motifs is 2. The standard InChI is InChI=1S/C22H22N4O/c27-21-22(25-20-8-2-1-7-19(20)24-21)10-13-26(14-11-22)15-16-5-3-9-18-17(16)6-4-12-23-18/h1-9,12,25H,10-11,13-15H2,(H,24,27). The first-order valence-corrected chi connectivity index (χ1v) is 9.47. The summed E-state index contributed by atoms with van der Waals surface area (Å²) < 4.78 is 0. The number of aromatic nitrogens is 1. The zero-order valence-electron chi connectivity index (χ0n) is 15.1. The van der Waals surface area contributed by atoms with Crippen LogP contribution in [0.2, 0.25) is 0 Å². The van der Waals surface area contributed by atoms with E-state index in [2.05, 4.69) is 44.8 Å². The average molecular weight is 358 g/mol. The lowest BCUT2D eigenvalue weighted by Gasteiger charge is -2.44. The summed E-state index contributed by atoms with van der Waals surface area (Å²) in [7, 11) is 0. The van der Waals surface area contributed by atoms with E-state index in [1.807, 2.05) is 36.5 Å². The first-order chi connectivity index (χ1) is 13.2. The molecule has 1 fully saturated rings.